The van der Waals surface area contributed by atoms with Crippen molar-refractivity contribution in [2.45, 2.75) is 18.9 Å². The van der Waals surface area contributed by atoms with Gasteiger partial charge in [0.1, 0.15) is 6.04 Å². The summed E-state index contributed by atoms with van der Waals surface area (Å²) >= 11 is 5.79. The van der Waals surface area contributed by atoms with Gasteiger partial charge in [-0.05, 0) is 37.1 Å². The molecule has 2 rings (SSSR count). The normalized spacial score (nSPS) is 19.3. The second kappa shape index (κ2) is 7.41. The zero-order valence-corrected chi connectivity index (χ0v) is 13.9. The van der Waals surface area contributed by atoms with Crippen molar-refractivity contribution in [1.29, 1.82) is 0 Å². The Kier molecular flexibility index (Phi) is 5.80. The largest absolute Gasteiger partial charge is 0.384 e. The number of carbonyl (C=O) groups excluding carboxylic acids is 1. The van der Waals surface area contributed by atoms with Gasteiger partial charge < -0.3 is 10.1 Å². The van der Waals surface area contributed by atoms with E-state index in [2.05, 4.69) is 5.32 Å². The SMILES string of the molecule is COCCS(=O)(=O)N1CCC[C@@H]1C(=O)Nc1ccc(Cl)cc1. The number of carbonyl (C=O) groups is 1. The molecule has 6 nitrogen and oxygen atoms in total. The topological polar surface area (TPSA) is 75.7 Å². The summed E-state index contributed by atoms with van der Waals surface area (Å²) in [5, 5.41) is 3.31. The van der Waals surface area contributed by atoms with Crippen LogP contribution in [0, 0.1) is 0 Å². The van der Waals surface area contributed by atoms with Crippen LogP contribution in [0.3, 0.4) is 0 Å². The number of nitrogens with zero attached hydrogens (tertiary/aromatic N) is 1. The smallest absolute Gasteiger partial charge is 0.242 e. The molecule has 1 aliphatic heterocycles. The van der Waals surface area contributed by atoms with Gasteiger partial charge >= 0.3 is 0 Å². The van der Waals surface area contributed by atoms with Gasteiger partial charge in [0.25, 0.3) is 0 Å². The number of hydrogen-bond donors (Lipinski definition) is 1. The lowest BCUT2D eigenvalue weighted by Gasteiger charge is -2.23. The number of nitrogens with one attached hydrogen (secondary N) is 1. The third-order valence-electron chi connectivity index (χ3n) is 3.52. The van der Waals surface area contributed by atoms with E-state index < -0.39 is 16.1 Å². The first-order chi connectivity index (χ1) is 10.4. The molecule has 0 spiro atoms. The Balaban J connectivity index is 2.06. The fourth-order valence-corrected chi connectivity index (χ4v) is 4.13. The molecule has 1 aromatic carbocycles. The molecule has 122 valence electrons. The molecule has 1 N–H and O–H groups in total. The van der Waals surface area contributed by atoms with Crippen LogP contribution < -0.4 is 5.32 Å². The number of rotatable bonds is 6. The van der Waals surface area contributed by atoms with Crippen molar-refractivity contribution in [2.75, 3.05) is 31.3 Å². The Hall–Kier alpha value is -1.15. The number of hydrogen-bond acceptors (Lipinski definition) is 4. The second-order valence-electron chi connectivity index (χ2n) is 5.07. The third kappa shape index (κ3) is 4.19. The first kappa shape index (κ1) is 17.2. The van der Waals surface area contributed by atoms with Gasteiger partial charge in [-0.2, -0.15) is 4.31 Å². The maximum Gasteiger partial charge on any atom is 0.242 e. The van der Waals surface area contributed by atoms with Crippen LogP contribution in [0.15, 0.2) is 24.3 Å². The van der Waals surface area contributed by atoms with Crippen molar-refractivity contribution in [3.05, 3.63) is 29.3 Å². The molecule has 0 unspecified atom stereocenters. The Morgan fingerprint density at radius 3 is 2.73 bits per heavy atom. The minimum atomic E-state index is -3.49. The maximum atomic E-state index is 12.3. The zero-order chi connectivity index (χ0) is 16.2. The fraction of sp³-hybridized carbons (Fsp3) is 0.500. The minimum Gasteiger partial charge on any atom is -0.384 e. The molecule has 1 saturated heterocycles. The van der Waals surface area contributed by atoms with E-state index in [-0.39, 0.29) is 18.3 Å². The maximum absolute atomic E-state index is 12.3. The summed E-state index contributed by atoms with van der Waals surface area (Å²) in [6.07, 6.45) is 1.19. The lowest BCUT2D eigenvalue weighted by Crippen LogP contribution is -2.44. The van der Waals surface area contributed by atoms with Gasteiger partial charge in [0, 0.05) is 24.4 Å². The summed E-state index contributed by atoms with van der Waals surface area (Å²) in [5.74, 6) is -0.436. The van der Waals surface area contributed by atoms with Crippen LogP contribution in [0.2, 0.25) is 5.02 Å². The van der Waals surface area contributed by atoms with Crippen LogP contribution in [0.5, 0.6) is 0 Å². The number of methoxy groups -OCH3 is 1. The summed E-state index contributed by atoms with van der Waals surface area (Å²) in [7, 11) is -2.04. The average molecular weight is 347 g/mol. The molecule has 0 radical (unpaired) electrons. The third-order valence-corrected chi connectivity index (χ3v) is 5.61. The van der Waals surface area contributed by atoms with E-state index in [1.54, 1.807) is 24.3 Å². The summed E-state index contributed by atoms with van der Waals surface area (Å²) in [6.45, 7) is 0.481. The molecule has 22 heavy (non-hydrogen) atoms. The fourth-order valence-electron chi connectivity index (χ4n) is 2.40. The standard InChI is InChI=1S/C14H19ClN2O4S/c1-21-9-10-22(19,20)17-8-2-3-13(17)14(18)16-12-6-4-11(15)5-7-12/h4-7,13H,2-3,8-10H2,1H3,(H,16,18)/t13-/m1/s1. The molecule has 1 amide bonds. The molecule has 1 atom stereocenters. The summed E-state index contributed by atoms with van der Waals surface area (Å²) < 4.78 is 30.6. The van der Waals surface area contributed by atoms with Crippen molar-refractivity contribution < 1.29 is 17.9 Å². The first-order valence-electron chi connectivity index (χ1n) is 6.99. The molecule has 8 heteroatoms. The first-order valence-corrected chi connectivity index (χ1v) is 8.97. The number of benzene rings is 1. The Morgan fingerprint density at radius 1 is 1.41 bits per heavy atom. The van der Waals surface area contributed by atoms with Crippen molar-refractivity contribution in [1.82, 2.24) is 4.31 Å². The number of anilines is 1. The van der Waals surface area contributed by atoms with Crippen LogP contribution >= 0.6 is 11.6 Å². The summed E-state index contributed by atoms with van der Waals surface area (Å²) in [4.78, 5) is 12.3. The molecule has 1 aromatic rings. The lowest BCUT2D eigenvalue weighted by atomic mass is 10.2. The number of halogens is 1. The Labute approximate surface area is 135 Å². The second-order valence-corrected chi connectivity index (χ2v) is 7.55. The van der Waals surface area contributed by atoms with E-state index in [4.69, 9.17) is 16.3 Å². The van der Waals surface area contributed by atoms with Gasteiger partial charge in [0.2, 0.25) is 15.9 Å². The highest BCUT2D eigenvalue weighted by atomic mass is 35.5. The van der Waals surface area contributed by atoms with Gasteiger partial charge in [0.05, 0.1) is 12.4 Å². The molecule has 0 aromatic heterocycles. The number of amides is 1. The molecule has 1 aliphatic rings. The predicted octanol–water partition coefficient (Wildman–Crippen LogP) is 1.72. The molecule has 0 aliphatic carbocycles. The highest BCUT2D eigenvalue weighted by Crippen LogP contribution is 2.23. The van der Waals surface area contributed by atoms with E-state index in [1.165, 1.54) is 11.4 Å². The van der Waals surface area contributed by atoms with E-state index in [0.717, 1.165) is 0 Å². The summed E-state index contributed by atoms with van der Waals surface area (Å²) in [5.41, 5.74) is 0.593. The number of sulfonamides is 1. The highest BCUT2D eigenvalue weighted by molar-refractivity contribution is 7.89. The lowest BCUT2D eigenvalue weighted by molar-refractivity contribution is -0.119. The van der Waals surface area contributed by atoms with Crippen LogP contribution in [0.25, 0.3) is 0 Å². The minimum absolute atomic E-state index is 0.115. The average Bonchev–Trinajstić information content (AvgIpc) is 2.98. The van der Waals surface area contributed by atoms with Crippen molar-refractivity contribution in [3.8, 4) is 0 Å². The van der Waals surface area contributed by atoms with Gasteiger partial charge in [0.15, 0.2) is 0 Å². The van der Waals surface area contributed by atoms with Crippen LogP contribution in [0.1, 0.15) is 12.8 Å². The van der Waals surface area contributed by atoms with Crippen LogP contribution in [-0.2, 0) is 19.6 Å². The molecule has 1 fully saturated rings. The number of ether oxygens (including phenoxy) is 1. The molecule has 0 saturated carbocycles. The molecule has 0 bridgehead atoms. The van der Waals surface area contributed by atoms with Crippen molar-refractivity contribution in [3.63, 3.8) is 0 Å². The van der Waals surface area contributed by atoms with E-state index in [9.17, 15) is 13.2 Å². The quantitative estimate of drug-likeness (QED) is 0.851. The Morgan fingerprint density at radius 2 is 2.09 bits per heavy atom. The van der Waals surface area contributed by atoms with Crippen molar-refractivity contribution >= 4 is 33.2 Å². The van der Waals surface area contributed by atoms with Crippen LogP contribution in [0.4, 0.5) is 5.69 Å². The Bertz CT molecular complexity index is 618. The van der Waals surface area contributed by atoms with E-state index in [1.807, 2.05) is 0 Å². The molecular weight excluding hydrogens is 328 g/mol. The van der Waals surface area contributed by atoms with Crippen molar-refractivity contribution in [2.24, 2.45) is 0 Å². The highest BCUT2D eigenvalue weighted by Gasteiger charge is 2.38. The molecule has 1 heterocycles. The zero-order valence-electron chi connectivity index (χ0n) is 12.3. The van der Waals surface area contributed by atoms with Gasteiger partial charge in [-0.1, -0.05) is 11.6 Å². The van der Waals surface area contributed by atoms with Gasteiger partial charge in [-0.3, -0.25) is 4.79 Å². The summed E-state index contributed by atoms with van der Waals surface area (Å²) in [6, 6.07) is 6.02. The predicted molar refractivity (Wildman–Crippen MR) is 85.5 cm³/mol. The molecular formula is C14H19ClN2O4S. The van der Waals surface area contributed by atoms with E-state index in [0.29, 0.717) is 30.1 Å². The van der Waals surface area contributed by atoms with Gasteiger partial charge in [-0.15, -0.1) is 0 Å². The monoisotopic (exact) mass is 346 g/mol. The van der Waals surface area contributed by atoms with E-state index >= 15 is 0 Å². The van der Waals surface area contributed by atoms with Crippen LogP contribution in [-0.4, -0.2) is 50.7 Å². The van der Waals surface area contributed by atoms with Gasteiger partial charge in [-0.25, -0.2) is 8.42 Å².